The number of aromatic hydroxyl groups is 1. The Kier molecular flexibility index (Phi) is 5.26. The summed E-state index contributed by atoms with van der Waals surface area (Å²) in [4.78, 5) is 15.4. The van der Waals surface area contributed by atoms with Gasteiger partial charge in [0.1, 0.15) is 17.1 Å². The van der Waals surface area contributed by atoms with Gasteiger partial charge in [0.25, 0.3) is 5.91 Å². The summed E-state index contributed by atoms with van der Waals surface area (Å²) < 4.78 is 5.82. The number of fused-ring (bicyclic) bond motifs is 2. The Morgan fingerprint density at radius 1 is 1.03 bits per heavy atom. The lowest BCUT2D eigenvalue weighted by Crippen LogP contribution is -2.31. The fourth-order valence-electron chi connectivity index (χ4n) is 3.79. The number of rotatable bonds is 6. The number of para-hydroxylation sites is 1. The van der Waals surface area contributed by atoms with Crippen LogP contribution in [0.15, 0.2) is 65.1 Å². The molecule has 0 atom stereocenters. The first kappa shape index (κ1) is 19.1. The van der Waals surface area contributed by atoms with Crippen molar-refractivity contribution in [3.8, 4) is 5.75 Å². The number of hydrogen-bond donors (Lipinski definition) is 1. The van der Waals surface area contributed by atoms with Crippen LogP contribution in [0.3, 0.4) is 0 Å². The zero-order valence-corrected chi connectivity index (χ0v) is 16.8. The van der Waals surface area contributed by atoms with Crippen LogP contribution in [0.4, 0.5) is 0 Å². The molecule has 0 aliphatic rings. The third-order valence-electron chi connectivity index (χ3n) is 5.32. The summed E-state index contributed by atoms with van der Waals surface area (Å²) in [6, 6.07) is 19.1. The smallest absolute Gasteiger partial charge is 0.258 e. The van der Waals surface area contributed by atoms with Crippen molar-refractivity contribution in [2.24, 2.45) is 0 Å². The predicted molar refractivity (Wildman–Crippen MR) is 116 cm³/mol. The van der Waals surface area contributed by atoms with Gasteiger partial charge in [-0.3, -0.25) is 4.79 Å². The standard InChI is InChI=1S/C25H25NO3/c1-3-4-13-26(16-18-9-10-20-15-21(27)12-11-19(20)14-18)25(28)24-17(2)29-23-8-6-5-7-22(23)24/h5-12,14-15,27H,3-4,13,16H2,1-2H3. The first-order valence-electron chi connectivity index (χ1n) is 10.1. The molecule has 1 amide bonds. The number of unbranched alkanes of at least 4 members (excludes halogenated alkanes) is 1. The van der Waals surface area contributed by atoms with Gasteiger partial charge in [-0.25, -0.2) is 0 Å². The van der Waals surface area contributed by atoms with Crippen LogP contribution in [-0.4, -0.2) is 22.5 Å². The SMILES string of the molecule is CCCCN(Cc1ccc2cc(O)ccc2c1)C(=O)c1c(C)oc2ccccc12. The summed E-state index contributed by atoms with van der Waals surface area (Å²) in [5.74, 6) is 0.922. The van der Waals surface area contributed by atoms with Crippen LogP contribution >= 0.6 is 0 Å². The summed E-state index contributed by atoms with van der Waals surface area (Å²) in [7, 11) is 0. The Morgan fingerprint density at radius 2 is 1.79 bits per heavy atom. The zero-order valence-electron chi connectivity index (χ0n) is 16.8. The van der Waals surface area contributed by atoms with Crippen LogP contribution in [0, 0.1) is 6.92 Å². The van der Waals surface area contributed by atoms with Gasteiger partial charge in [-0.05, 0) is 53.9 Å². The second kappa shape index (κ2) is 8.00. The Bertz CT molecular complexity index is 1180. The average Bonchev–Trinajstić information content (AvgIpc) is 3.06. The van der Waals surface area contributed by atoms with Crippen LogP contribution in [0.25, 0.3) is 21.7 Å². The van der Waals surface area contributed by atoms with E-state index in [0.29, 0.717) is 24.4 Å². The molecule has 0 fully saturated rings. The van der Waals surface area contributed by atoms with Crippen LogP contribution in [0.1, 0.15) is 41.4 Å². The van der Waals surface area contributed by atoms with Crippen molar-refractivity contribution in [3.05, 3.63) is 77.6 Å². The molecule has 4 nitrogen and oxygen atoms in total. The van der Waals surface area contributed by atoms with Gasteiger partial charge in [-0.15, -0.1) is 0 Å². The topological polar surface area (TPSA) is 53.7 Å². The molecule has 0 aliphatic carbocycles. The van der Waals surface area contributed by atoms with Gasteiger partial charge < -0.3 is 14.4 Å². The van der Waals surface area contributed by atoms with Gasteiger partial charge in [0, 0.05) is 18.5 Å². The fraction of sp³-hybridized carbons (Fsp3) is 0.240. The summed E-state index contributed by atoms with van der Waals surface area (Å²) >= 11 is 0. The highest BCUT2D eigenvalue weighted by atomic mass is 16.3. The number of hydrogen-bond acceptors (Lipinski definition) is 3. The maximum absolute atomic E-state index is 13.5. The van der Waals surface area contributed by atoms with Crippen molar-refractivity contribution < 1.29 is 14.3 Å². The summed E-state index contributed by atoms with van der Waals surface area (Å²) in [5.41, 5.74) is 2.47. The van der Waals surface area contributed by atoms with E-state index in [2.05, 4.69) is 13.0 Å². The van der Waals surface area contributed by atoms with Crippen molar-refractivity contribution in [1.29, 1.82) is 0 Å². The normalized spacial score (nSPS) is 11.2. The van der Waals surface area contributed by atoms with Gasteiger partial charge in [0.05, 0.1) is 5.56 Å². The molecular formula is C25H25NO3. The molecule has 1 heterocycles. The van der Waals surface area contributed by atoms with E-state index in [0.717, 1.165) is 40.1 Å². The van der Waals surface area contributed by atoms with Crippen LogP contribution in [-0.2, 0) is 6.54 Å². The van der Waals surface area contributed by atoms with Crippen molar-refractivity contribution >= 4 is 27.6 Å². The molecule has 0 unspecified atom stereocenters. The lowest BCUT2D eigenvalue weighted by molar-refractivity contribution is 0.0741. The van der Waals surface area contributed by atoms with Gasteiger partial charge in [-0.2, -0.15) is 0 Å². The molecule has 4 rings (SSSR count). The Morgan fingerprint density at radius 3 is 2.62 bits per heavy atom. The summed E-state index contributed by atoms with van der Waals surface area (Å²) in [5, 5.41) is 12.6. The minimum atomic E-state index is 0.00621. The molecule has 4 aromatic rings. The third kappa shape index (κ3) is 3.83. The Hall–Kier alpha value is -3.27. The van der Waals surface area contributed by atoms with Gasteiger partial charge >= 0.3 is 0 Å². The number of carbonyl (C=O) groups is 1. The average molecular weight is 387 g/mol. The predicted octanol–water partition coefficient (Wildman–Crippen LogP) is 6.04. The first-order valence-corrected chi connectivity index (χ1v) is 10.1. The van der Waals surface area contributed by atoms with Crippen molar-refractivity contribution in [1.82, 2.24) is 4.90 Å². The van der Waals surface area contributed by atoms with E-state index in [1.165, 1.54) is 0 Å². The molecule has 0 aliphatic heterocycles. The van der Waals surface area contributed by atoms with Crippen molar-refractivity contribution in [2.75, 3.05) is 6.54 Å². The summed E-state index contributed by atoms with van der Waals surface area (Å²) in [6.07, 6.45) is 1.97. The number of amides is 1. The van der Waals surface area contributed by atoms with E-state index in [1.807, 2.05) is 54.3 Å². The minimum Gasteiger partial charge on any atom is -0.508 e. The molecule has 4 heteroatoms. The van der Waals surface area contributed by atoms with Gasteiger partial charge in [-0.1, -0.05) is 49.7 Å². The number of benzene rings is 3. The maximum atomic E-state index is 13.5. The Balaban J connectivity index is 1.67. The van der Waals surface area contributed by atoms with Gasteiger partial charge in [0.15, 0.2) is 0 Å². The first-order chi connectivity index (χ1) is 14.1. The molecule has 0 bridgehead atoms. The molecule has 0 radical (unpaired) electrons. The number of nitrogens with zero attached hydrogens (tertiary/aromatic N) is 1. The summed E-state index contributed by atoms with van der Waals surface area (Å²) in [6.45, 7) is 5.22. The van der Waals surface area contributed by atoms with Crippen LogP contribution in [0.5, 0.6) is 5.75 Å². The minimum absolute atomic E-state index is 0.00621. The van der Waals surface area contributed by atoms with E-state index >= 15 is 0 Å². The van der Waals surface area contributed by atoms with E-state index in [-0.39, 0.29) is 11.7 Å². The molecule has 0 spiro atoms. The third-order valence-corrected chi connectivity index (χ3v) is 5.32. The largest absolute Gasteiger partial charge is 0.508 e. The molecule has 0 saturated heterocycles. The van der Waals surface area contributed by atoms with E-state index in [1.54, 1.807) is 12.1 Å². The highest BCUT2D eigenvalue weighted by molar-refractivity contribution is 6.07. The molecule has 29 heavy (non-hydrogen) atoms. The molecule has 1 aromatic heterocycles. The van der Waals surface area contributed by atoms with E-state index in [4.69, 9.17) is 4.42 Å². The molecular weight excluding hydrogens is 362 g/mol. The van der Waals surface area contributed by atoms with Crippen molar-refractivity contribution in [3.63, 3.8) is 0 Å². The number of furan rings is 1. The number of aryl methyl sites for hydroxylation is 1. The second-order valence-electron chi connectivity index (χ2n) is 7.48. The quantitative estimate of drug-likeness (QED) is 0.439. The molecule has 148 valence electrons. The van der Waals surface area contributed by atoms with Crippen LogP contribution < -0.4 is 0 Å². The molecule has 3 aromatic carbocycles. The highest BCUT2D eigenvalue weighted by Crippen LogP contribution is 2.28. The molecule has 0 saturated carbocycles. The number of phenolic OH excluding ortho intramolecular Hbond substituents is 1. The highest BCUT2D eigenvalue weighted by Gasteiger charge is 2.23. The zero-order chi connectivity index (χ0) is 20.4. The Labute approximate surface area is 170 Å². The van der Waals surface area contributed by atoms with Gasteiger partial charge in [0.2, 0.25) is 0 Å². The van der Waals surface area contributed by atoms with Crippen LogP contribution in [0.2, 0.25) is 0 Å². The maximum Gasteiger partial charge on any atom is 0.258 e. The second-order valence-corrected chi connectivity index (χ2v) is 7.48. The fourth-order valence-corrected chi connectivity index (χ4v) is 3.79. The van der Waals surface area contributed by atoms with E-state index < -0.39 is 0 Å². The number of phenols is 1. The van der Waals surface area contributed by atoms with E-state index in [9.17, 15) is 9.90 Å². The molecule has 1 N–H and O–H groups in total. The lowest BCUT2D eigenvalue weighted by Gasteiger charge is -2.23. The number of carbonyl (C=O) groups excluding carboxylic acids is 1. The monoisotopic (exact) mass is 387 g/mol. The lowest BCUT2D eigenvalue weighted by atomic mass is 10.1. The van der Waals surface area contributed by atoms with Crippen molar-refractivity contribution in [2.45, 2.75) is 33.2 Å².